The number of halogens is 1. The highest BCUT2D eigenvalue weighted by Gasteiger charge is 2.11. The lowest BCUT2D eigenvalue weighted by molar-refractivity contribution is 0.174. The van der Waals surface area contributed by atoms with Crippen LogP contribution in [0.15, 0.2) is 66.7 Å². The fourth-order valence-corrected chi connectivity index (χ4v) is 2.71. The summed E-state index contributed by atoms with van der Waals surface area (Å²) in [4.78, 5) is 0. The van der Waals surface area contributed by atoms with Gasteiger partial charge in [-0.25, -0.2) is 4.39 Å². The zero-order valence-corrected chi connectivity index (χ0v) is 11.7. The van der Waals surface area contributed by atoms with Gasteiger partial charge in [-0.15, -0.1) is 0 Å². The monoisotopic (exact) mass is 280 g/mol. The molecule has 21 heavy (non-hydrogen) atoms. The summed E-state index contributed by atoms with van der Waals surface area (Å²) in [6, 6.07) is 20.8. The summed E-state index contributed by atoms with van der Waals surface area (Å²) in [6.07, 6.45) is 0.263. The Kier molecular flexibility index (Phi) is 3.98. The first-order valence-electron chi connectivity index (χ1n) is 7.12. The molecule has 0 saturated heterocycles. The van der Waals surface area contributed by atoms with Gasteiger partial charge >= 0.3 is 0 Å². The van der Waals surface area contributed by atoms with Crippen molar-refractivity contribution in [3.8, 4) is 0 Å². The zero-order chi connectivity index (χ0) is 14.7. The van der Waals surface area contributed by atoms with Gasteiger partial charge < -0.3 is 5.11 Å². The highest BCUT2D eigenvalue weighted by atomic mass is 19.1. The number of hydrogen-bond acceptors (Lipinski definition) is 1. The molecule has 0 heterocycles. The Morgan fingerprint density at radius 2 is 1.38 bits per heavy atom. The Hall–Kier alpha value is -2.19. The molecule has 1 N–H and O–H groups in total. The second kappa shape index (κ2) is 6.06. The first kappa shape index (κ1) is 13.8. The normalized spacial score (nSPS) is 12.5. The molecule has 0 saturated carbocycles. The van der Waals surface area contributed by atoms with E-state index in [1.165, 1.54) is 6.07 Å². The fourth-order valence-electron chi connectivity index (χ4n) is 2.71. The van der Waals surface area contributed by atoms with E-state index in [0.717, 1.165) is 16.3 Å². The SMILES string of the molecule is OC(Cc1ccccc1F)Cc1cccc2ccccc12. The molecule has 3 aromatic rings. The first-order chi connectivity index (χ1) is 10.2. The maximum Gasteiger partial charge on any atom is 0.126 e. The van der Waals surface area contributed by atoms with E-state index in [4.69, 9.17) is 0 Å². The third kappa shape index (κ3) is 3.11. The van der Waals surface area contributed by atoms with Crippen LogP contribution in [0.3, 0.4) is 0 Å². The minimum Gasteiger partial charge on any atom is -0.392 e. The van der Waals surface area contributed by atoms with Crippen molar-refractivity contribution in [3.63, 3.8) is 0 Å². The Balaban J connectivity index is 1.81. The van der Waals surface area contributed by atoms with Crippen LogP contribution in [0.1, 0.15) is 11.1 Å². The van der Waals surface area contributed by atoms with E-state index in [2.05, 4.69) is 18.2 Å². The van der Waals surface area contributed by atoms with Gasteiger partial charge in [0, 0.05) is 6.42 Å². The van der Waals surface area contributed by atoms with Crippen molar-refractivity contribution in [1.29, 1.82) is 0 Å². The molecule has 106 valence electrons. The first-order valence-corrected chi connectivity index (χ1v) is 7.12. The average molecular weight is 280 g/mol. The average Bonchev–Trinajstić information content (AvgIpc) is 2.50. The Labute approximate surface area is 123 Å². The molecule has 0 spiro atoms. The number of aliphatic hydroxyl groups excluding tert-OH is 1. The molecule has 0 aliphatic carbocycles. The van der Waals surface area contributed by atoms with Gasteiger partial charge in [0.15, 0.2) is 0 Å². The molecule has 0 fully saturated rings. The molecule has 0 bridgehead atoms. The minimum absolute atomic E-state index is 0.255. The van der Waals surface area contributed by atoms with E-state index >= 15 is 0 Å². The lowest BCUT2D eigenvalue weighted by atomic mass is 9.97. The number of rotatable bonds is 4. The largest absolute Gasteiger partial charge is 0.392 e. The van der Waals surface area contributed by atoms with Crippen LogP contribution in [0.25, 0.3) is 10.8 Å². The quantitative estimate of drug-likeness (QED) is 0.762. The van der Waals surface area contributed by atoms with E-state index in [9.17, 15) is 9.50 Å². The molecule has 1 nitrogen and oxygen atoms in total. The summed E-state index contributed by atoms with van der Waals surface area (Å²) in [6.45, 7) is 0. The fraction of sp³-hybridized carbons (Fsp3) is 0.158. The van der Waals surface area contributed by atoms with Crippen molar-refractivity contribution in [1.82, 2.24) is 0 Å². The van der Waals surface area contributed by atoms with E-state index in [0.29, 0.717) is 18.4 Å². The van der Waals surface area contributed by atoms with Gasteiger partial charge in [0.2, 0.25) is 0 Å². The maximum atomic E-state index is 13.6. The number of benzene rings is 3. The van der Waals surface area contributed by atoms with Crippen molar-refractivity contribution in [2.45, 2.75) is 18.9 Å². The summed E-state index contributed by atoms with van der Waals surface area (Å²) in [5, 5.41) is 12.6. The predicted octanol–water partition coefficient (Wildman–Crippen LogP) is 4.13. The van der Waals surface area contributed by atoms with Gasteiger partial charge in [-0.3, -0.25) is 0 Å². The second-order valence-corrected chi connectivity index (χ2v) is 5.29. The summed E-state index contributed by atoms with van der Waals surface area (Å²) >= 11 is 0. The second-order valence-electron chi connectivity index (χ2n) is 5.29. The lowest BCUT2D eigenvalue weighted by Crippen LogP contribution is -2.15. The highest BCUT2D eigenvalue weighted by molar-refractivity contribution is 5.85. The summed E-state index contributed by atoms with van der Waals surface area (Å²) in [5.74, 6) is -0.255. The summed E-state index contributed by atoms with van der Waals surface area (Å²) in [5.41, 5.74) is 1.65. The highest BCUT2D eigenvalue weighted by Crippen LogP contribution is 2.21. The van der Waals surface area contributed by atoms with E-state index in [-0.39, 0.29) is 5.82 Å². The third-order valence-electron chi connectivity index (χ3n) is 3.75. The Morgan fingerprint density at radius 3 is 2.24 bits per heavy atom. The molecule has 1 unspecified atom stereocenters. The lowest BCUT2D eigenvalue weighted by Gasteiger charge is -2.13. The topological polar surface area (TPSA) is 20.2 Å². The number of aliphatic hydroxyl groups is 1. The van der Waals surface area contributed by atoms with Crippen LogP contribution in [0, 0.1) is 5.82 Å². The molecule has 2 heteroatoms. The van der Waals surface area contributed by atoms with Gasteiger partial charge in [0.25, 0.3) is 0 Å². The van der Waals surface area contributed by atoms with Crippen LogP contribution < -0.4 is 0 Å². The zero-order valence-electron chi connectivity index (χ0n) is 11.7. The predicted molar refractivity (Wildman–Crippen MR) is 83.8 cm³/mol. The smallest absolute Gasteiger partial charge is 0.126 e. The molecule has 0 aliphatic heterocycles. The van der Waals surface area contributed by atoms with Crippen LogP contribution in [0.5, 0.6) is 0 Å². The minimum atomic E-state index is -0.590. The molecule has 0 aromatic heterocycles. The van der Waals surface area contributed by atoms with Gasteiger partial charge in [0.05, 0.1) is 6.10 Å². The Bertz CT molecular complexity index is 746. The third-order valence-corrected chi connectivity index (χ3v) is 3.75. The van der Waals surface area contributed by atoms with Crippen LogP contribution >= 0.6 is 0 Å². The summed E-state index contributed by atoms with van der Waals surface area (Å²) < 4.78 is 13.6. The molecule has 0 aliphatic rings. The Morgan fingerprint density at radius 1 is 0.762 bits per heavy atom. The maximum absolute atomic E-state index is 13.6. The van der Waals surface area contributed by atoms with Gasteiger partial charge in [0.1, 0.15) is 5.82 Å². The van der Waals surface area contributed by atoms with Crippen molar-refractivity contribution >= 4 is 10.8 Å². The van der Waals surface area contributed by atoms with E-state index < -0.39 is 6.10 Å². The van der Waals surface area contributed by atoms with Gasteiger partial charge in [-0.1, -0.05) is 60.7 Å². The van der Waals surface area contributed by atoms with Crippen LogP contribution in [0.2, 0.25) is 0 Å². The molecular weight excluding hydrogens is 263 g/mol. The van der Waals surface area contributed by atoms with Crippen LogP contribution in [-0.2, 0) is 12.8 Å². The van der Waals surface area contributed by atoms with Crippen LogP contribution in [-0.4, -0.2) is 11.2 Å². The number of fused-ring (bicyclic) bond motifs is 1. The van der Waals surface area contributed by atoms with Gasteiger partial charge in [-0.2, -0.15) is 0 Å². The van der Waals surface area contributed by atoms with Crippen LogP contribution in [0.4, 0.5) is 4.39 Å². The van der Waals surface area contributed by atoms with Gasteiger partial charge in [-0.05, 0) is 34.4 Å². The molecule has 0 amide bonds. The van der Waals surface area contributed by atoms with Crippen molar-refractivity contribution in [2.75, 3.05) is 0 Å². The van der Waals surface area contributed by atoms with E-state index in [1.807, 2.05) is 24.3 Å². The van der Waals surface area contributed by atoms with Crippen molar-refractivity contribution in [2.24, 2.45) is 0 Å². The molecule has 0 radical (unpaired) electrons. The molecule has 3 rings (SSSR count). The van der Waals surface area contributed by atoms with Crippen molar-refractivity contribution < 1.29 is 9.50 Å². The van der Waals surface area contributed by atoms with Crippen molar-refractivity contribution in [3.05, 3.63) is 83.7 Å². The molecule has 3 aromatic carbocycles. The summed E-state index contributed by atoms with van der Waals surface area (Å²) in [7, 11) is 0. The standard InChI is InChI=1S/C19H17FO/c20-19-11-4-2-7-16(19)13-17(21)12-15-9-5-8-14-6-1-3-10-18(14)15/h1-11,17,21H,12-13H2. The molecular formula is C19H17FO. The molecule has 1 atom stereocenters. The number of hydrogen-bond donors (Lipinski definition) is 1. The van der Waals surface area contributed by atoms with E-state index in [1.54, 1.807) is 18.2 Å².